The third-order valence-electron chi connectivity index (χ3n) is 3.89. The molecule has 0 saturated heterocycles. The Labute approximate surface area is 98.2 Å². The van der Waals surface area contributed by atoms with Crippen LogP contribution in [0.4, 0.5) is 13.2 Å². The van der Waals surface area contributed by atoms with Gasteiger partial charge in [-0.2, -0.15) is 13.2 Å². The molecule has 17 heavy (non-hydrogen) atoms. The number of carboxylic acid groups (broad SMARTS) is 1. The third kappa shape index (κ3) is 2.56. The number of hydrogen-bond donors (Lipinski definition) is 2. The van der Waals surface area contributed by atoms with Crippen molar-refractivity contribution in [3.63, 3.8) is 0 Å². The lowest BCUT2D eigenvalue weighted by molar-refractivity contribution is -0.216. The summed E-state index contributed by atoms with van der Waals surface area (Å²) < 4.78 is 38.4. The van der Waals surface area contributed by atoms with E-state index in [1.54, 1.807) is 0 Å². The molecular weight excluding hydrogens is 235 g/mol. The molecule has 3 N–H and O–H groups in total. The predicted octanol–water partition coefficient (Wildman–Crippen LogP) is 2.55. The van der Waals surface area contributed by atoms with Crippen molar-refractivity contribution < 1.29 is 23.1 Å². The molecule has 0 spiro atoms. The highest BCUT2D eigenvalue weighted by Crippen LogP contribution is 2.43. The van der Waals surface area contributed by atoms with Crippen molar-refractivity contribution in [3.05, 3.63) is 0 Å². The van der Waals surface area contributed by atoms with E-state index in [4.69, 9.17) is 10.8 Å². The van der Waals surface area contributed by atoms with Gasteiger partial charge in [-0.1, -0.05) is 26.2 Å². The van der Waals surface area contributed by atoms with E-state index in [1.165, 1.54) is 0 Å². The van der Waals surface area contributed by atoms with E-state index in [9.17, 15) is 18.0 Å². The van der Waals surface area contributed by atoms with Crippen molar-refractivity contribution in [2.45, 2.75) is 50.7 Å². The van der Waals surface area contributed by atoms with E-state index in [2.05, 4.69) is 0 Å². The highest BCUT2D eigenvalue weighted by Gasteiger charge is 2.62. The first-order chi connectivity index (χ1) is 7.73. The summed E-state index contributed by atoms with van der Waals surface area (Å²) in [7, 11) is 0. The highest BCUT2D eigenvalue weighted by molar-refractivity contribution is 5.80. The van der Waals surface area contributed by atoms with Gasteiger partial charge in [-0.25, -0.2) is 4.79 Å². The molecule has 0 heterocycles. The number of hydrogen-bond acceptors (Lipinski definition) is 2. The first kappa shape index (κ1) is 14.3. The number of carboxylic acids is 1. The molecule has 0 aromatic rings. The molecule has 1 saturated carbocycles. The molecule has 3 nitrogen and oxygen atoms in total. The maximum Gasteiger partial charge on any atom is 0.417 e. The van der Waals surface area contributed by atoms with Gasteiger partial charge in [0.2, 0.25) is 5.54 Å². The molecule has 0 aromatic carbocycles. The van der Waals surface area contributed by atoms with Crippen LogP contribution in [0, 0.1) is 11.8 Å². The Morgan fingerprint density at radius 1 is 1.29 bits per heavy atom. The van der Waals surface area contributed by atoms with Crippen LogP contribution in [0.1, 0.15) is 39.0 Å². The quantitative estimate of drug-likeness (QED) is 0.812. The lowest BCUT2D eigenvalue weighted by Crippen LogP contribution is -2.64. The summed E-state index contributed by atoms with van der Waals surface area (Å²) in [4.78, 5) is 10.9. The normalized spacial score (nSPS) is 29.7. The molecule has 1 atom stereocenters. The number of rotatable bonds is 3. The van der Waals surface area contributed by atoms with Crippen molar-refractivity contribution in [1.82, 2.24) is 0 Å². The Bertz CT molecular complexity index is 285. The van der Waals surface area contributed by atoms with Gasteiger partial charge in [-0.15, -0.1) is 0 Å². The molecule has 0 bridgehead atoms. The Morgan fingerprint density at radius 3 is 2.06 bits per heavy atom. The van der Waals surface area contributed by atoms with Crippen LogP contribution < -0.4 is 5.73 Å². The van der Waals surface area contributed by atoms with Crippen LogP contribution in [0.25, 0.3) is 0 Å². The summed E-state index contributed by atoms with van der Waals surface area (Å²) >= 11 is 0. The molecule has 0 amide bonds. The SMILES string of the molecule is CCC1CCC(C(N)(C(=O)O)C(F)(F)F)CC1. The molecular formula is C11H18F3NO2. The summed E-state index contributed by atoms with van der Waals surface area (Å²) in [5.41, 5.74) is 2.06. The average Bonchev–Trinajstić information content (AvgIpc) is 2.26. The zero-order valence-electron chi connectivity index (χ0n) is 9.76. The second kappa shape index (κ2) is 4.84. The minimum absolute atomic E-state index is 0.237. The number of nitrogens with two attached hydrogens (primary N) is 1. The van der Waals surface area contributed by atoms with Gasteiger partial charge in [-0.3, -0.25) is 0 Å². The van der Waals surface area contributed by atoms with E-state index in [1.807, 2.05) is 6.92 Å². The molecule has 100 valence electrons. The fraction of sp³-hybridized carbons (Fsp3) is 0.909. The lowest BCUT2D eigenvalue weighted by atomic mass is 9.71. The van der Waals surface area contributed by atoms with Crippen LogP contribution in [0.15, 0.2) is 0 Å². The molecule has 0 aliphatic heterocycles. The Balaban J connectivity index is 2.85. The summed E-state index contributed by atoms with van der Waals surface area (Å²) in [5.74, 6) is -2.58. The van der Waals surface area contributed by atoms with Crippen LogP contribution in [0.5, 0.6) is 0 Å². The van der Waals surface area contributed by atoms with E-state index >= 15 is 0 Å². The molecule has 1 aliphatic carbocycles. The number of halogens is 3. The van der Waals surface area contributed by atoms with Crippen LogP contribution in [-0.2, 0) is 4.79 Å². The van der Waals surface area contributed by atoms with Crippen molar-refractivity contribution in [2.75, 3.05) is 0 Å². The van der Waals surface area contributed by atoms with Gasteiger partial charge in [0.25, 0.3) is 0 Å². The Kier molecular flexibility index (Phi) is 4.06. The first-order valence-electron chi connectivity index (χ1n) is 5.82. The Hall–Kier alpha value is -0.780. The summed E-state index contributed by atoms with van der Waals surface area (Å²) in [6.07, 6.45) is -2.25. The zero-order chi connectivity index (χ0) is 13.3. The average molecular weight is 253 g/mol. The van der Waals surface area contributed by atoms with Gasteiger partial charge in [0, 0.05) is 0 Å². The second-order valence-corrected chi connectivity index (χ2v) is 4.80. The second-order valence-electron chi connectivity index (χ2n) is 4.80. The van der Waals surface area contributed by atoms with E-state index in [0.717, 1.165) is 6.42 Å². The van der Waals surface area contributed by atoms with Gasteiger partial charge < -0.3 is 10.8 Å². The summed E-state index contributed by atoms with van der Waals surface area (Å²) in [6.45, 7) is 1.99. The topological polar surface area (TPSA) is 63.3 Å². The first-order valence-corrected chi connectivity index (χ1v) is 5.82. The van der Waals surface area contributed by atoms with Gasteiger partial charge in [-0.05, 0) is 24.7 Å². The third-order valence-corrected chi connectivity index (χ3v) is 3.89. The van der Waals surface area contributed by atoms with Crippen molar-refractivity contribution in [2.24, 2.45) is 17.6 Å². The predicted molar refractivity (Wildman–Crippen MR) is 56.3 cm³/mol. The van der Waals surface area contributed by atoms with Crippen molar-refractivity contribution in [1.29, 1.82) is 0 Å². The molecule has 1 rings (SSSR count). The number of alkyl halides is 3. The zero-order valence-corrected chi connectivity index (χ0v) is 9.76. The summed E-state index contributed by atoms with van der Waals surface area (Å²) in [5, 5.41) is 8.80. The molecule has 6 heteroatoms. The number of carbonyl (C=O) groups is 1. The lowest BCUT2D eigenvalue weighted by Gasteiger charge is -2.39. The van der Waals surface area contributed by atoms with Crippen molar-refractivity contribution >= 4 is 5.97 Å². The number of aliphatic carboxylic acids is 1. The minimum Gasteiger partial charge on any atom is -0.480 e. The van der Waals surface area contributed by atoms with E-state index in [0.29, 0.717) is 18.8 Å². The van der Waals surface area contributed by atoms with Crippen LogP contribution in [-0.4, -0.2) is 22.8 Å². The fourth-order valence-electron chi connectivity index (χ4n) is 2.55. The monoisotopic (exact) mass is 253 g/mol. The van der Waals surface area contributed by atoms with Crippen molar-refractivity contribution in [3.8, 4) is 0 Å². The molecule has 0 aromatic heterocycles. The molecule has 1 fully saturated rings. The maximum absolute atomic E-state index is 12.8. The molecule has 1 aliphatic rings. The van der Waals surface area contributed by atoms with E-state index in [-0.39, 0.29) is 12.8 Å². The van der Waals surface area contributed by atoms with Gasteiger partial charge >= 0.3 is 12.1 Å². The molecule has 1 unspecified atom stereocenters. The minimum atomic E-state index is -4.90. The molecule has 0 radical (unpaired) electrons. The van der Waals surface area contributed by atoms with Gasteiger partial charge in [0.1, 0.15) is 0 Å². The van der Waals surface area contributed by atoms with Gasteiger partial charge in [0.05, 0.1) is 0 Å². The van der Waals surface area contributed by atoms with Crippen LogP contribution in [0.3, 0.4) is 0 Å². The highest BCUT2D eigenvalue weighted by atomic mass is 19.4. The maximum atomic E-state index is 12.8. The standard InChI is InChI=1S/C11H18F3NO2/c1-2-7-3-5-8(6-4-7)10(15,9(16)17)11(12,13)14/h7-8H,2-6,15H2,1H3,(H,16,17). The largest absolute Gasteiger partial charge is 0.480 e. The van der Waals surface area contributed by atoms with E-state index < -0.39 is 23.6 Å². The fourth-order valence-corrected chi connectivity index (χ4v) is 2.55. The Morgan fingerprint density at radius 2 is 1.76 bits per heavy atom. The van der Waals surface area contributed by atoms with Crippen LogP contribution in [0.2, 0.25) is 0 Å². The summed E-state index contributed by atoms with van der Waals surface area (Å²) in [6, 6.07) is 0. The smallest absolute Gasteiger partial charge is 0.417 e. The van der Waals surface area contributed by atoms with Crippen LogP contribution >= 0.6 is 0 Å². The van der Waals surface area contributed by atoms with Gasteiger partial charge in [0.15, 0.2) is 0 Å².